The van der Waals surface area contributed by atoms with Crippen molar-refractivity contribution >= 4 is 22.8 Å². The minimum atomic E-state index is 0.385. The Balaban J connectivity index is 1.71. The van der Waals surface area contributed by atoms with Gasteiger partial charge in [-0.05, 0) is 29.7 Å². The lowest BCUT2D eigenvalue weighted by atomic mass is 10.0. The van der Waals surface area contributed by atoms with Crippen molar-refractivity contribution in [1.29, 1.82) is 0 Å². The van der Waals surface area contributed by atoms with Crippen LogP contribution in [0.4, 0.5) is 11.7 Å². The molecule has 0 radical (unpaired) electrons. The first-order chi connectivity index (χ1) is 9.72. The summed E-state index contributed by atoms with van der Waals surface area (Å²) in [4.78, 5) is 4.38. The van der Waals surface area contributed by atoms with E-state index in [1.54, 1.807) is 0 Å². The highest BCUT2D eigenvalue weighted by atomic mass is 16.4. The SMILES string of the molecule is CC(CNc1nc2cc(N)ccc2o1)c1ccccc1. The maximum absolute atomic E-state index is 5.73. The van der Waals surface area contributed by atoms with E-state index >= 15 is 0 Å². The van der Waals surface area contributed by atoms with Crippen molar-refractivity contribution in [1.82, 2.24) is 4.98 Å². The molecule has 1 atom stereocenters. The van der Waals surface area contributed by atoms with Crippen LogP contribution in [0.5, 0.6) is 0 Å². The molecule has 3 aromatic rings. The van der Waals surface area contributed by atoms with Crippen molar-refractivity contribution in [2.75, 3.05) is 17.6 Å². The van der Waals surface area contributed by atoms with E-state index in [9.17, 15) is 0 Å². The van der Waals surface area contributed by atoms with Crippen LogP contribution in [-0.4, -0.2) is 11.5 Å². The number of nitrogens with one attached hydrogen (secondary N) is 1. The van der Waals surface area contributed by atoms with Gasteiger partial charge in [-0.25, -0.2) is 0 Å². The zero-order valence-electron chi connectivity index (χ0n) is 11.3. The van der Waals surface area contributed by atoms with Crippen molar-refractivity contribution in [2.45, 2.75) is 12.8 Å². The van der Waals surface area contributed by atoms with Gasteiger partial charge in [0, 0.05) is 12.2 Å². The van der Waals surface area contributed by atoms with Crippen LogP contribution in [0.25, 0.3) is 11.1 Å². The summed E-state index contributed by atoms with van der Waals surface area (Å²) in [7, 11) is 0. The molecule has 3 rings (SSSR count). The average Bonchev–Trinajstić information content (AvgIpc) is 2.87. The number of aromatic nitrogens is 1. The van der Waals surface area contributed by atoms with E-state index in [-0.39, 0.29) is 0 Å². The highest BCUT2D eigenvalue weighted by Gasteiger charge is 2.08. The van der Waals surface area contributed by atoms with Gasteiger partial charge in [-0.1, -0.05) is 37.3 Å². The quantitative estimate of drug-likeness (QED) is 0.708. The summed E-state index contributed by atoms with van der Waals surface area (Å²) in [6.45, 7) is 2.94. The van der Waals surface area contributed by atoms with E-state index in [1.807, 2.05) is 36.4 Å². The minimum absolute atomic E-state index is 0.385. The molecule has 0 saturated heterocycles. The van der Waals surface area contributed by atoms with Gasteiger partial charge in [0.05, 0.1) is 0 Å². The molecule has 1 unspecified atom stereocenters. The second-order valence-corrected chi connectivity index (χ2v) is 4.94. The van der Waals surface area contributed by atoms with Gasteiger partial charge >= 0.3 is 0 Å². The largest absolute Gasteiger partial charge is 0.424 e. The first-order valence-electron chi connectivity index (χ1n) is 6.67. The molecule has 0 aliphatic carbocycles. The Morgan fingerprint density at radius 3 is 2.80 bits per heavy atom. The first kappa shape index (κ1) is 12.5. The fourth-order valence-corrected chi connectivity index (χ4v) is 2.16. The van der Waals surface area contributed by atoms with Gasteiger partial charge in [-0.15, -0.1) is 0 Å². The number of benzene rings is 2. The Kier molecular flexibility index (Phi) is 3.29. The molecule has 0 amide bonds. The predicted molar refractivity (Wildman–Crippen MR) is 81.8 cm³/mol. The van der Waals surface area contributed by atoms with Crippen molar-refractivity contribution < 1.29 is 4.42 Å². The van der Waals surface area contributed by atoms with Crippen molar-refractivity contribution in [3.8, 4) is 0 Å². The molecule has 20 heavy (non-hydrogen) atoms. The molecule has 0 fully saturated rings. The van der Waals surface area contributed by atoms with Crippen LogP contribution in [0.2, 0.25) is 0 Å². The molecular formula is C16H17N3O. The molecule has 1 heterocycles. The van der Waals surface area contributed by atoms with E-state index in [0.29, 0.717) is 17.6 Å². The van der Waals surface area contributed by atoms with E-state index in [2.05, 4.69) is 29.4 Å². The fraction of sp³-hybridized carbons (Fsp3) is 0.188. The topological polar surface area (TPSA) is 64.1 Å². The zero-order valence-corrected chi connectivity index (χ0v) is 11.3. The maximum Gasteiger partial charge on any atom is 0.295 e. The lowest BCUT2D eigenvalue weighted by Crippen LogP contribution is -2.09. The average molecular weight is 267 g/mol. The molecule has 0 aliphatic heterocycles. The molecule has 3 N–H and O–H groups in total. The van der Waals surface area contributed by atoms with E-state index in [1.165, 1.54) is 5.56 Å². The number of anilines is 2. The normalized spacial score (nSPS) is 12.4. The van der Waals surface area contributed by atoms with Crippen LogP contribution in [-0.2, 0) is 0 Å². The van der Waals surface area contributed by atoms with Gasteiger partial charge in [-0.3, -0.25) is 0 Å². The van der Waals surface area contributed by atoms with Crippen LogP contribution < -0.4 is 11.1 Å². The molecule has 2 aromatic carbocycles. The number of rotatable bonds is 4. The summed E-state index contributed by atoms with van der Waals surface area (Å²) < 4.78 is 5.63. The van der Waals surface area contributed by atoms with Crippen LogP contribution in [0.15, 0.2) is 52.9 Å². The molecule has 0 saturated carbocycles. The van der Waals surface area contributed by atoms with Gasteiger partial charge in [0.25, 0.3) is 6.01 Å². The lowest BCUT2D eigenvalue weighted by molar-refractivity contribution is 0.609. The highest BCUT2D eigenvalue weighted by molar-refractivity contribution is 5.78. The Morgan fingerprint density at radius 2 is 2.00 bits per heavy atom. The Labute approximate surface area is 117 Å². The van der Waals surface area contributed by atoms with Crippen molar-refractivity contribution in [3.05, 3.63) is 54.1 Å². The van der Waals surface area contributed by atoms with E-state index in [4.69, 9.17) is 10.2 Å². The van der Waals surface area contributed by atoms with Gasteiger partial charge < -0.3 is 15.5 Å². The molecule has 4 nitrogen and oxygen atoms in total. The zero-order chi connectivity index (χ0) is 13.9. The Bertz CT molecular complexity index is 706. The summed E-state index contributed by atoms with van der Waals surface area (Å²) in [6, 6.07) is 16.4. The molecule has 0 aliphatic rings. The van der Waals surface area contributed by atoms with Crippen LogP contribution in [0, 0.1) is 0 Å². The third kappa shape index (κ3) is 2.59. The molecule has 1 aromatic heterocycles. The number of nitrogen functional groups attached to an aromatic ring is 1. The molecule has 0 spiro atoms. The first-order valence-corrected chi connectivity index (χ1v) is 6.67. The van der Waals surface area contributed by atoms with Crippen molar-refractivity contribution in [2.24, 2.45) is 0 Å². The van der Waals surface area contributed by atoms with Gasteiger partial charge in [0.15, 0.2) is 5.58 Å². The van der Waals surface area contributed by atoms with Crippen LogP contribution in [0.1, 0.15) is 18.4 Å². The minimum Gasteiger partial charge on any atom is -0.424 e. The maximum atomic E-state index is 5.73. The summed E-state index contributed by atoms with van der Waals surface area (Å²) in [5, 5.41) is 3.23. The number of nitrogens with zero attached hydrogens (tertiary/aromatic N) is 1. The second kappa shape index (κ2) is 5.25. The smallest absolute Gasteiger partial charge is 0.295 e. The summed E-state index contributed by atoms with van der Waals surface area (Å²) in [5.41, 5.74) is 9.23. The molecule has 4 heteroatoms. The third-order valence-corrected chi connectivity index (χ3v) is 3.34. The van der Waals surface area contributed by atoms with Gasteiger partial charge in [0.1, 0.15) is 5.52 Å². The van der Waals surface area contributed by atoms with Crippen LogP contribution in [0.3, 0.4) is 0 Å². The third-order valence-electron chi connectivity index (χ3n) is 3.34. The summed E-state index contributed by atoms with van der Waals surface area (Å²) in [5.74, 6) is 0.385. The second-order valence-electron chi connectivity index (χ2n) is 4.94. The number of nitrogens with two attached hydrogens (primary N) is 1. The predicted octanol–water partition coefficient (Wildman–Crippen LogP) is 3.63. The Hall–Kier alpha value is -2.49. The number of hydrogen-bond donors (Lipinski definition) is 2. The van der Waals surface area contributed by atoms with Crippen LogP contribution >= 0.6 is 0 Å². The van der Waals surface area contributed by atoms with Crippen molar-refractivity contribution in [3.63, 3.8) is 0 Å². The monoisotopic (exact) mass is 267 g/mol. The van der Waals surface area contributed by atoms with Gasteiger partial charge in [-0.2, -0.15) is 4.98 Å². The summed E-state index contributed by atoms with van der Waals surface area (Å²) in [6.07, 6.45) is 0. The Morgan fingerprint density at radius 1 is 1.20 bits per heavy atom. The summed E-state index contributed by atoms with van der Waals surface area (Å²) >= 11 is 0. The van der Waals surface area contributed by atoms with E-state index < -0.39 is 0 Å². The standard InChI is InChI=1S/C16H17N3O/c1-11(12-5-3-2-4-6-12)10-18-16-19-14-9-13(17)7-8-15(14)20-16/h2-9,11H,10,17H2,1H3,(H,18,19). The molecule has 0 bridgehead atoms. The highest BCUT2D eigenvalue weighted by Crippen LogP contribution is 2.22. The number of oxazole rings is 1. The number of hydrogen-bond acceptors (Lipinski definition) is 4. The lowest BCUT2D eigenvalue weighted by Gasteiger charge is -2.11. The van der Waals surface area contributed by atoms with Gasteiger partial charge in [0.2, 0.25) is 0 Å². The van der Waals surface area contributed by atoms with E-state index in [0.717, 1.165) is 17.6 Å². The molecule has 102 valence electrons. The number of fused-ring (bicyclic) bond motifs is 1. The fourth-order valence-electron chi connectivity index (χ4n) is 2.16. The molecular weight excluding hydrogens is 250 g/mol.